The zero-order chi connectivity index (χ0) is 10.6. The molecule has 4 N–H and O–H groups in total. The fourth-order valence-corrected chi connectivity index (χ4v) is 1.27. The van der Waals surface area contributed by atoms with Crippen LogP contribution in [-0.2, 0) is 4.79 Å². The van der Waals surface area contributed by atoms with Gasteiger partial charge in [-0.25, -0.2) is 0 Å². The van der Waals surface area contributed by atoms with Crippen LogP contribution in [0.4, 0.5) is 0 Å². The Morgan fingerprint density at radius 2 is 2.36 bits per heavy atom. The van der Waals surface area contributed by atoms with E-state index in [1.165, 1.54) is 0 Å². The van der Waals surface area contributed by atoms with E-state index in [0.717, 1.165) is 19.3 Å². The topological polar surface area (TPSA) is 87.7 Å². The van der Waals surface area contributed by atoms with E-state index in [-0.39, 0.29) is 23.6 Å². The number of hydrogen-bond donors (Lipinski definition) is 3. The number of oxime groups is 1. The second-order valence-electron chi connectivity index (χ2n) is 3.80. The third-order valence-corrected chi connectivity index (χ3v) is 2.68. The zero-order valence-electron chi connectivity index (χ0n) is 8.36. The molecule has 0 radical (unpaired) electrons. The Morgan fingerprint density at radius 3 is 2.79 bits per heavy atom. The summed E-state index contributed by atoms with van der Waals surface area (Å²) in [6.07, 6.45) is 3.13. The maximum absolute atomic E-state index is 11.4. The summed E-state index contributed by atoms with van der Waals surface area (Å²) in [7, 11) is 0. The first kappa shape index (κ1) is 10.8. The lowest BCUT2D eigenvalue weighted by atomic mass is 9.85. The highest BCUT2D eigenvalue weighted by Crippen LogP contribution is 2.26. The van der Waals surface area contributed by atoms with Crippen LogP contribution in [0, 0.1) is 11.8 Å². The first-order valence-corrected chi connectivity index (χ1v) is 4.90. The van der Waals surface area contributed by atoms with Crippen LogP contribution in [0.15, 0.2) is 5.16 Å². The molecule has 80 valence electrons. The number of amidine groups is 1. The third-order valence-electron chi connectivity index (χ3n) is 2.68. The summed E-state index contributed by atoms with van der Waals surface area (Å²) in [5.41, 5.74) is 5.37. The Labute approximate surface area is 83.3 Å². The van der Waals surface area contributed by atoms with Crippen LogP contribution in [0.2, 0.25) is 0 Å². The number of carbonyl (C=O) groups is 1. The van der Waals surface area contributed by atoms with Gasteiger partial charge in [-0.1, -0.05) is 18.5 Å². The Morgan fingerprint density at radius 1 is 1.71 bits per heavy atom. The third kappa shape index (κ3) is 2.61. The van der Waals surface area contributed by atoms with Gasteiger partial charge in [0.15, 0.2) is 0 Å². The maximum Gasteiger partial charge on any atom is 0.223 e. The number of nitrogens with two attached hydrogens (primary N) is 1. The van der Waals surface area contributed by atoms with Gasteiger partial charge in [0.05, 0.1) is 0 Å². The number of amides is 1. The van der Waals surface area contributed by atoms with E-state index in [4.69, 9.17) is 10.9 Å². The minimum atomic E-state index is -0.121. The summed E-state index contributed by atoms with van der Waals surface area (Å²) in [6.45, 7) is 2.24. The Balaban J connectivity index is 2.22. The van der Waals surface area contributed by atoms with Crippen molar-refractivity contribution in [3.8, 4) is 0 Å². The molecule has 1 atom stereocenters. The summed E-state index contributed by atoms with van der Waals surface area (Å²) in [4.78, 5) is 11.4. The van der Waals surface area contributed by atoms with E-state index in [2.05, 4.69) is 10.5 Å². The van der Waals surface area contributed by atoms with Gasteiger partial charge in [0.1, 0.15) is 5.84 Å². The van der Waals surface area contributed by atoms with Gasteiger partial charge in [-0.15, -0.1) is 0 Å². The zero-order valence-corrected chi connectivity index (χ0v) is 8.36. The predicted molar refractivity (Wildman–Crippen MR) is 52.9 cm³/mol. The minimum absolute atomic E-state index is 0.0915. The lowest BCUT2D eigenvalue weighted by molar-refractivity contribution is -0.127. The van der Waals surface area contributed by atoms with Crippen molar-refractivity contribution >= 4 is 11.7 Å². The van der Waals surface area contributed by atoms with E-state index in [1.54, 1.807) is 6.92 Å². The second-order valence-corrected chi connectivity index (χ2v) is 3.80. The fraction of sp³-hybridized carbons (Fsp3) is 0.778. The number of rotatable bonds is 4. The highest BCUT2D eigenvalue weighted by molar-refractivity contribution is 5.83. The summed E-state index contributed by atoms with van der Waals surface area (Å²) >= 11 is 0. The van der Waals surface area contributed by atoms with Crippen LogP contribution in [0.25, 0.3) is 0 Å². The molecule has 0 aromatic heterocycles. The van der Waals surface area contributed by atoms with Gasteiger partial charge in [-0.3, -0.25) is 4.79 Å². The Hall–Kier alpha value is -1.26. The molecule has 0 aliphatic heterocycles. The molecule has 0 spiro atoms. The van der Waals surface area contributed by atoms with E-state index in [0.29, 0.717) is 6.54 Å². The summed E-state index contributed by atoms with van der Waals surface area (Å²) in [5.74, 6) is 0.311. The second kappa shape index (κ2) is 4.83. The summed E-state index contributed by atoms with van der Waals surface area (Å²) < 4.78 is 0. The molecule has 1 aliphatic rings. The molecular weight excluding hydrogens is 182 g/mol. The molecule has 5 heteroatoms. The average molecular weight is 199 g/mol. The van der Waals surface area contributed by atoms with E-state index in [9.17, 15) is 4.79 Å². The van der Waals surface area contributed by atoms with Gasteiger partial charge in [-0.2, -0.15) is 0 Å². The number of hydrogen-bond acceptors (Lipinski definition) is 3. The largest absolute Gasteiger partial charge is 0.409 e. The van der Waals surface area contributed by atoms with Crippen molar-refractivity contribution < 1.29 is 10.0 Å². The molecule has 1 fully saturated rings. The van der Waals surface area contributed by atoms with Crippen LogP contribution in [0.1, 0.15) is 26.2 Å². The molecule has 5 nitrogen and oxygen atoms in total. The van der Waals surface area contributed by atoms with Gasteiger partial charge in [-0.05, 0) is 12.8 Å². The molecular formula is C9H17N3O2. The molecule has 0 aromatic rings. The number of nitrogens with zero attached hydrogens (tertiary/aromatic N) is 1. The normalized spacial score (nSPS) is 19.9. The fourth-order valence-electron chi connectivity index (χ4n) is 1.27. The molecule has 1 aliphatic carbocycles. The SMILES string of the molecule is CC(CNC(=O)C1CCC1)C(N)=NO. The lowest BCUT2D eigenvalue weighted by Crippen LogP contribution is -2.39. The van der Waals surface area contributed by atoms with Crippen molar-refractivity contribution in [2.45, 2.75) is 26.2 Å². The highest BCUT2D eigenvalue weighted by Gasteiger charge is 2.25. The molecule has 0 bridgehead atoms. The van der Waals surface area contributed by atoms with Crippen molar-refractivity contribution in [1.29, 1.82) is 0 Å². The molecule has 1 amide bonds. The highest BCUT2D eigenvalue weighted by atomic mass is 16.4. The first-order chi connectivity index (χ1) is 6.65. The minimum Gasteiger partial charge on any atom is -0.409 e. The van der Waals surface area contributed by atoms with Crippen molar-refractivity contribution in [2.24, 2.45) is 22.7 Å². The first-order valence-electron chi connectivity index (χ1n) is 4.90. The average Bonchev–Trinajstić information content (AvgIpc) is 2.10. The number of nitrogens with one attached hydrogen (secondary N) is 1. The van der Waals surface area contributed by atoms with Gasteiger partial charge in [0, 0.05) is 18.4 Å². The molecule has 0 heterocycles. The van der Waals surface area contributed by atoms with Crippen LogP contribution in [-0.4, -0.2) is 23.5 Å². The molecule has 1 rings (SSSR count). The van der Waals surface area contributed by atoms with Gasteiger partial charge < -0.3 is 16.3 Å². The standard InChI is InChI=1S/C9H17N3O2/c1-6(8(10)12-14)5-11-9(13)7-3-2-4-7/h6-7,14H,2-5H2,1H3,(H2,10,12)(H,11,13). The smallest absolute Gasteiger partial charge is 0.223 e. The van der Waals surface area contributed by atoms with E-state index < -0.39 is 0 Å². The van der Waals surface area contributed by atoms with Crippen molar-refractivity contribution in [1.82, 2.24) is 5.32 Å². The molecule has 1 saturated carbocycles. The van der Waals surface area contributed by atoms with E-state index in [1.807, 2.05) is 0 Å². The van der Waals surface area contributed by atoms with Crippen molar-refractivity contribution in [3.05, 3.63) is 0 Å². The molecule has 0 saturated heterocycles. The molecule has 0 aromatic carbocycles. The van der Waals surface area contributed by atoms with Crippen molar-refractivity contribution in [3.63, 3.8) is 0 Å². The van der Waals surface area contributed by atoms with Gasteiger partial charge in [0.25, 0.3) is 0 Å². The summed E-state index contributed by atoms with van der Waals surface area (Å²) in [5, 5.41) is 14.1. The summed E-state index contributed by atoms with van der Waals surface area (Å²) in [6, 6.07) is 0. The van der Waals surface area contributed by atoms with Gasteiger partial charge >= 0.3 is 0 Å². The monoisotopic (exact) mass is 199 g/mol. The van der Waals surface area contributed by atoms with Gasteiger partial charge in [0.2, 0.25) is 5.91 Å². The van der Waals surface area contributed by atoms with Crippen LogP contribution >= 0.6 is 0 Å². The van der Waals surface area contributed by atoms with Crippen LogP contribution < -0.4 is 11.1 Å². The lowest BCUT2D eigenvalue weighted by Gasteiger charge is -2.24. The quantitative estimate of drug-likeness (QED) is 0.263. The number of carbonyl (C=O) groups excluding carboxylic acids is 1. The van der Waals surface area contributed by atoms with Crippen molar-refractivity contribution in [2.75, 3.05) is 6.54 Å². The Bertz CT molecular complexity index is 236. The predicted octanol–water partition coefficient (Wildman–Crippen LogP) is 0.285. The van der Waals surface area contributed by atoms with Crippen LogP contribution in [0.3, 0.4) is 0 Å². The molecule has 14 heavy (non-hydrogen) atoms. The maximum atomic E-state index is 11.4. The Kier molecular flexibility index (Phi) is 3.73. The van der Waals surface area contributed by atoms with E-state index >= 15 is 0 Å². The molecule has 1 unspecified atom stereocenters. The van der Waals surface area contributed by atoms with Crippen LogP contribution in [0.5, 0.6) is 0 Å².